The molecule has 1 saturated heterocycles. The van der Waals surface area contributed by atoms with Gasteiger partial charge in [0.05, 0.1) is 12.3 Å². The van der Waals surface area contributed by atoms with Gasteiger partial charge in [0.15, 0.2) is 0 Å². The molecule has 2 N–H and O–H groups in total. The normalized spacial score (nSPS) is 29.0. The van der Waals surface area contributed by atoms with Gasteiger partial charge in [-0.15, -0.1) is 0 Å². The van der Waals surface area contributed by atoms with E-state index in [2.05, 4.69) is 5.32 Å². The van der Waals surface area contributed by atoms with Crippen LogP contribution in [0.3, 0.4) is 0 Å². The van der Waals surface area contributed by atoms with Crippen LogP contribution < -0.4 is 5.32 Å². The zero-order valence-corrected chi connectivity index (χ0v) is 7.57. The molecule has 2 rings (SSSR count). The van der Waals surface area contributed by atoms with E-state index in [1.54, 1.807) is 6.26 Å². The van der Waals surface area contributed by atoms with Gasteiger partial charge >= 0.3 is 0 Å². The molecule has 3 heteroatoms. The summed E-state index contributed by atoms with van der Waals surface area (Å²) in [5, 5.41) is 12.5. The van der Waals surface area contributed by atoms with E-state index in [4.69, 9.17) is 4.42 Å². The van der Waals surface area contributed by atoms with E-state index in [-0.39, 0.29) is 12.6 Å². The van der Waals surface area contributed by atoms with E-state index in [1.807, 2.05) is 12.1 Å². The quantitative estimate of drug-likeness (QED) is 0.723. The molecule has 0 amide bonds. The molecule has 0 radical (unpaired) electrons. The highest BCUT2D eigenvalue weighted by atomic mass is 16.3. The second kappa shape index (κ2) is 3.94. The number of rotatable bonds is 2. The first-order valence-corrected chi connectivity index (χ1v) is 4.79. The Morgan fingerprint density at radius 3 is 3.23 bits per heavy atom. The number of aliphatic hydroxyl groups is 1. The summed E-state index contributed by atoms with van der Waals surface area (Å²) in [6.45, 7) is 1.25. The third-order valence-corrected chi connectivity index (χ3v) is 2.67. The van der Waals surface area contributed by atoms with E-state index in [0.717, 1.165) is 25.1 Å². The van der Waals surface area contributed by atoms with Gasteiger partial charge in [0.25, 0.3) is 0 Å². The molecule has 3 nitrogen and oxygen atoms in total. The summed E-state index contributed by atoms with van der Waals surface area (Å²) in [5.41, 5.74) is 0. The summed E-state index contributed by atoms with van der Waals surface area (Å²) in [6, 6.07) is 4.06. The Bertz CT molecular complexity index is 245. The highest BCUT2D eigenvalue weighted by Crippen LogP contribution is 2.28. The van der Waals surface area contributed by atoms with Crippen molar-refractivity contribution in [2.75, 3.05) is 13.2 Å². The van der Waals surface area contributed by atoms with Crippen LogP contribution in [0.4, 0.5) is 0 Å². The molecular weight excluding hydrogens is 166 g/mol. The predicted octanol–water partition coefficient (Wildman–Crippen LogP) is 1.31. The molecule has 1 fully saturated rings. The number of piperidine rings is 1. The first-order valence-electron chi connectivity index (χ1n) is 4.79. The number of furan rings is 1. The van der Waals surface area contributed by atoms with Gasteiger partial charge in [-0.05, 0) is 31.5 Å². The molecule has 1 aromatic rings. The fraction of sp³-hybridized carbons (Fsp3) is 0.600. The van der Waals surface area contributed by atoms with Crippen molar-refractivity contribution in [2.24, 2.45) is 5.92 Å². The average molecular weight is 181 g/mol. The second-order valence-electron chi connectivity index (χ2n) is 3.53. The molecule has 1 aliphatic heterocycles. The van der Waals surface area contributed by atoms with E-state index < -0.39 is 0 Å². The minimum Gasteiger partial charge on any atom is -0.468 e. The Morgan fingerprint density at radius 2 is 2.54 bits per heavy atom. The zero-order valence-electron chi connectivity index (χ0n) is 7.57. The van der Waals surface area contributed by atoms with Crippen molar-refractivity contribution in [1.29, 1.82) is 0 Å². The predicted molar refractivity (Wildman–Crippen MR) is 49.3 cm³/mol. The van der Waals surface area contributed by atoms with Crippen LogP contribution in [-0.2, 0) is 0 Å². The molecule has 2 heterocycles. The van der Waals surface area contributed by atoms with Gasteiger partial charge in [-0.3, -0.25) is 0 Å². The van der Waals surface area contributed by atoms with Gasteiger partial charge in [-0.1, -0.05) is 0 Å². The third kappa shape index (κ3) is 1.76. The maximum atomic E-state index is 9.18. The van der Waals surface area contributed by atoms with Crippen molar-refractivity contribution >= 4 is 0 Å². The van der Waals surface area contributed by atoms with Crippen molar-refractivity contribution in [1.82, 2.24) is 5.32 Å². The van der Waals surface area contributed by atoms with Crippen molar-refractivity contribution in [3.8, 4) is 0 Å². The minimum absolute atomic E-state index is 0.203. The topological polar surface area (TPSA) is 45.4 Å². The summed E-state index contributed by atoms with van der Waals surface area (Å²) in [7, 11) is 0. The number of nitrogens with one attached hydrogen (secondary N) is 1. The summed E-state index contributed by atoms with van der Waals surface area (Å²) in [4.78, 5) is 0. The lowest BCUT2D eigenvalue weighted by atomic mass is 9.90. The highest BCUT2D eigenvalue weighted by Gasteiger charge is 2.27. The zero-order chi connectivity index (χ0) is 9.10. The lowest BCUT2D eigenvalue weighted by molar-refractivity contribution is 0.148. The van der Waals surface area contributed by atoms with E-state index in [9.17, 15) is 5.11 Å². The smallest absolute Gasteiger partial charge is 0.121 e. The monoisotopic (exact) mass is 181 g/mol. The summed E-state index contributed by atoms with van der Waals surface area (Å²) in [6.07, 6.45) is 3.90. The van der Waals surface area contributed by atoms with Crippen molar-refractivity contribution in [3.63, 3.8) is 0 Å². The Labute approximate surface area is 77.8 Å². The molecule has 2 unspecified atom stereocenters. The number of hydrogen-bond donors (Lipinski definition) is 2. The molecule has 0 spiro atoms. The van der Waals surface area contributed by atoms with Crippen LogP contribution in [0.1, 0.15) is 24.6 Å². The Hall–Kier alpha value is -0.800. The molecule has 0 aromatic carbocycles. The molecule has 72 valence electrons. The van der Waals surface area contributed by atoms with Crippen LogP contribution in [0.2, 0.25) is 0 Å². The molecule has 2 atom stereocenters. The average Bonchev–Trinajstić information content (AvgIpc) is 2.70. The maximum Gasteiger partial charge on any atom is 0.121 e. The summed E-state index contributed by atoms with van der Waals surface area (Å²) < 4.78 is 5.33. The standard InChI is InChI=1S/C10H15NO2/c12-7-8-3-1-5-11-10(8)9-4-2-6-13-9/h2,4,6,8,10-12H,1,3,5,7H2. The van der Waals surface area contributed by atoms with Crippen LogP contribution in [-0.4, -0.2) is 18.3 Å². The van der Waals surface area contributed by atoms with Crippen LogP contribution in [0, 0.1) is 5.92 Å². The SMILES string of the molecule is OCC1CCCNC1c1ccco1. The van der Waals surface area contributed by atoms with Crippen LogP contribution in [0.25, 0.3) is 0 Å². The second-order valence-corrected chi connectivity index (χ2v) is 3.53. The van der Waals surface area contributed by atoms with E-state index in [1.165, 1.54) is 0 Å². The molecule has 1 aliphatic rings. The fourth-order valence-corrected chi connectivity index (χ4v) is 1.95. The Balaban J connectivity index is 2.11. The van der Waals surface area contributed by atoms with Gasteiger partial charge in [0.2, 0.25) is 0 Å². The van der Waals surface area contributed by atoms with Crippen molar-refractivity contribution in [2.45, 2.75) is 18.9 Å². The summed E-state index contributed by atoms with van der Waals surface area (Å²) >= 11 is 0. The minimum atomic E-state index is 0.203. The van der Waals surface area contributed by atoms with Gasteiger partial charge < -0.3 is 14.8 Å². The molecule has 1 aromatic heterocycles. The molecule has 13 heavy (non-hydrogen) atoms. The van der Waals surface area contributed by atoms with E-state index in [0.29, 0.717) is 5.92 Å². The van der Waals surface area contributed by atoms with Gasteiger partial charge in [-0.25, -0.2) is 0 Å². The third-order valence-electron chi connectivity index (χ3n) is 2.67. The molecule has 0 aliphatic carbocycles. The van der Waals surface area contributed by atoms with Gasteiger partial charge in [-0.2, -0.15) is 0 Å². The largest absolute Gasteiger partial charge is 0.468 e. The molecule has 0 saturated carbocycles. The van der Waals surface area contributed by atoms with Crippen molar-refractivity contribution < 1.29 is 9.52 Å². The van der Waals surface area contributed by atoms with Gasteiger partial charge in [0.1, 0.15) is 5.76 Å². The Morgan fingerprint density at radius 1 is 1.62 bits per heavy atom. The lowest BCUT2D eigenvalue weighted by Crippen LogP contribution is -2.35. The van der Waals surface area contributed by atoms with Gasteiger partial charge in [0, 0.05) is 12.5 Å². The maximum absolute atomic E-state index is 9.18. The van der Waals surface area contributed by atoms with Crippen LogP contribution >= 0.6 is 0 Å². The number of hydrogen-bond acceptors (Lipinski definition) is 3. The molecule has 0 bridgehead atoms. The van der Waals surface area contributed by atoms with Crippen molar-refractivity contribution in [3.05, 3.63) is 24.2 Å². The van der Waals surface area contributed by atoms with Crippen LogP contribution in [0.5, 0.6) is 0 Å². The Kier molecular flexibility index (Phi) is 2.66. The highest BCUT2D eigenvalue weighted by molar-refractivity contribution is 5.07. The summed E-state index contributed by atoms with van der Waals surface area (Å²) in [5.74, 6) is 1.25. The first-order chi connectivity index (χ1) is 6.42. The lowest BCUT2D eigenvalue weighted by Gasteiger charge is -2.29. The molecular formula is C10H15NO2. The number of aliphatic hydroxyl groups excluding tert-OH is 1. The van der Waals surface area contributed by atoms with Crippen LogP contribution in [0.15, 0.2) is 22.8 Å². The first kappa shape index (κ1) is 8.78. The fourth-order valence-electron chi connectivity index (χ4n) is 1.95. The van der Waals surface area contributed by atoms with E-state index >= 15 is 0 Å².